The topological polar surface area (TPSA) is 31.0 Å². The van der Waals surface area contributed by atoms with Gasteiger partial charge in [0, 0.05) is 0 Å². The van der Waals surface area contributed by atoms with Crippen molar-refractivity contribution >= 4 is 16.6 Å². The molecule has 1 unspecified atom stereocenters. The highest BCUT2D eigenvalue weighted by atomic mass is 28.4. The van der Waals surface area contributed by atoms with Crippen LogP contribution in [0, 0.1) is 0 Å². The second-order valence-electron chi connectivity index (χ2n) is 5.44. The molecule has 0 saturated carbocycles. The van der Waals surface area contributed by atoms with E-state index in [-0.39, 0.29) is 0 Å². The van der Waals surface area contributed by atoms with Gasteiger partial charge in [-0.2, -0.15) is 0 Å². The Hall–Kier alpha value is 0.314. The van der Waals surface area contributed by atoms with Gasteiger partial charge in [0.2, 0.25) is 0 Å². The first-order chi connectivity index (χ1) is 6.29. The van der Waals surface area contributed by atoms with Gasteiger partial charge >= 0.3 is 0 Å². The van der Waals surface area contributed by atoms with E-state index in [1.807, 2.05) is 0 Å². The summed E-state index contributed by atoms with van der Waals surface area (Å²) in [6.45, 7) is 12.7. The van der Waals surface area contributed by atoms with Crippen molar-refractivity contribution < 1.29 is 13.6 Å². The molecule has 1 rings (SSSR count). The van der Waals surface area contributed by atoms with E-state index in [1.165, 1.54) is 0 Å². The molecule has 0 aromatic carbocycles. The van der Waals surface area contributed by atoms with E-state index in [0.29, 0.717) is 6.10 Å². The molecule has 5 heteroatoms. The fourth-order valence-corrected chi connectivity index (χ4v) is 8.93. The number of rotatable bonds is 6. The number of hydrogen-bond donors (Lipinski definition) is 0. The summed E-state index contributed by atoms with van der Waals surface area (Å²) in [7, 11) is -3.00. The SMILES string of the molecule is C[Si](C)(C)O[Si](C)(C)COCC1CO1. The molecule has 1 aliphatic heterocycles. The maximum absolute atomic E-state index is 6.14. The van der Waals surface area contributed by atoms with Crippen LogP contribution >= 0.6 is 0 Å². The van der Waals surface area contributed by atoms with Crippen molar-refractivity contribution in [1.82, 2.24) is 0 Å². The quantitative estimate of drug-likeness (QED) is 0.520. The fraction of sp³-hybridized carbons (Fsp3) is 1.00. The van der Waals surface area contributed by atoms with Crippen molar-refractivity contribution in [3.8, 4) is 0 Å². The molecule has 0 aromatic rings. The minimum Gasteiger partial charge on any atom is -0.454 e. The minimum atomic E-state index is -1.59. The van der Waals surface area contributed by atoms with Crippen LogP contribution in [-0.4, -0.2) is 42.2 Å². The summed E-state index contributed by atoms with van der Waals surface area (Å²) in [5.41, 5.74) is 0. The third kappa shape index (κ3) is 5.92. The molecule has 84 valence electrons. The van der Waals surface area contributed by atoms with E-state index in [4.69, 9.17) is 13.6 Å². The third-order valence-electron chi connectivity index (χ3n) is 1.74. The van der Waals surface area contributed by atoms with Crippen LogP contribution in [0.5, 0.6) is 0 Å². The molecule has 1 saturated heterocycles. The molecule has 0 radical (unpaired) electrons. The van der Waals surface area contributed by atoms with Crippen LogP contribution in [0.25, 0.3) is 0 Å². The molecule has 14 heavy (non-hydrogen) atoms. The molecule has 1 atom stereocenters. The summed E-state index contributed by atoms with van der Waals surface area (Å²) in [6.07, 6.45) is 1.16. The maximum atomic E-state index is 6.14. The van der Waals surface area contributed by atoms with Gasteiger partial charge in [-0.3, -0.25) is 0 Å². The van der Waals surface area contributed by atoms with Crippen molar-refractivity contribution in [1.29, 1.82) is 0 Å². The largest absolute Gasteiger partial charge is 0.454 e. The summed E-state index contributed by atoms with van der Waals surface area (Å²) in [5.74, 6) is 0. The summed E-state index contributed by atoms with van der Waals surface area (Å²) >= 11 is 0. The zero-order valence-corrected chi connectivity index (χ0v) is 11.9. The van der Waals surface area contributed by atoms with Crippen LogP contribution in [0.3, 0.4) is 0 Å². The van der Waals surface area contributed by atoms with Crippen molar-refractivity contribution in [2.75, 3.05) is 19.4 Å². The lowest BCUT2D eigenvalue weighted by Gasteiger charge is -2.31. The van der Waals surface area contributed by atoms with Crippen molar-refractivity contribution in [2.24, 2.45) is 0 Å². The van der Waals surface area contributed by atoms with Gasteiger partial charge in [-0.05, 0) is 32.7 Å². The monoisotopic (exact) mass is 234 g/mol. The molecular formula is C9H22O3Si2. The first-order valence-corrected chi connectivity index (χ1v) is 11.7. The van der Waals surface area contributed by atoms with Crippen LogP contribution in [0.15, 0.2) is 0 Å². The Morgan fingerprint density at radius 2 is 1.79 bits per heavy atom. The van der Waals surface area contributed by atoms with E-state index < -0.39 is 16.6 Å². The summed E-state index contributed by atoms with van der Waals surface area (Å²) in [6, 6.07) is 0. The number of hydrogen-bond acceptors (Lipinski definition) is 3. The number of epoxide rings is 1. The van der Waals surface area contributed by atoms with E-state index in [9.17, 15) is 0 Å². The van der Waals surface area contributed by atoms with Gasteiger partial charge in [-0.25, -0.2) is 0 Å². The normalized spacial score (nSPS) is 22.5. The predicted octanol–water partition coefficient (Wildman–Crippen LogP) is 2.00. The lowest BCUT2D eigenvalue weighted by Crippen LogP contribution is -2.46. The van der Waals surface area contributed by atoms with Gasteiger partial charge in [-0.1, -0.05) is 0 Å². The Morgan fingerprint density at radius 1 is 1.21 bits per heavy atom. The van der Waals surface area contributed by atoms with Crippen molar-refractivity contribution in [2.45, 2.75) is 38.8 Å². The van der Waals surface area contributed by atoms with Gasteiger partial charge in [0.1, 0.15) is 6.10 Å². The smallest absolute Gasteiger partial charge is 0.199 e. The molecule has 1 fully saturated rings. The molecular weight excluding hydrogens is 212 g/mol. The summed E-state index contributed by atoms with van der Waals surface area (Å²) < 4.78 is 16.8. The summed E-state index contributed by atoms with van der Waals surface area (Å²) in [5, 5.41) is 0. The highest BCUT2D eigenvalue weighted by molar-refractivity contribution is 6.84. The predicted molar refractivity (Wildman–Crippen MR) is 62.5 cm³/mol. The molecule has 0 N–H and O–H groups in total. The number of ether oxygens (including phenoxy) is 2. The Bertz CT molecular complexity index is 185. The van der Waals surface area contributed by atoms with E-state index in [0.717, 1.165) is 19.4 Å². The van der Waals surface area contributed by atoms with E-state index in [2.05, 4.69) is 32.7 Å². The lowest BCUT2D eigenvalue weighted by atomic mass is 10.5. The summed E-state index contributed by atoms with van der Waals surface area (Å²) in [4.78, 5) is 0. The average molecular weight is 234 g/mol. The average Bonchev–Trinajstić information content (AvgIpc) is 2.64. The standard InChI is InChI=1S/C9H22O3Si2/c1-13(2,3)12-14(4,5)8-10-6-9-7-11-9/h9H,6-8H2,1-5H3. The molecule has 1 aliphatic rings. The highest BCUT2D eigenvalue weighted by Crippen LogP contribution is 2.15. The molecule has 0 aromatic heterocycles. The van der Waals surface area contributed by atoms with Gasteiger partial charge in [0.25, 0.3) is 0 Å². The molecule has 0 bridgehead atoms. The molecule has 3 nitrogen and oxygen atoms in total. The third-order valence-corrected chi connectivity index (χ3v) is 7.30. The van der Waals surface area contributed by atoms with Crippen LogP contribution in [-0.2, 0) is 13.6 Å². The van der Waals surface area contributed by atoms with Crippen LogP contribution < -0.4 is 0 Å². The Labute approximate surface area is 89.0 Å². The van der Waals surface area contributed by atoms with Gasteiger partial charge in [0.15, 0.2) is 16.6 Å². The zero-order valence-electron chi connectivity index (χ0n) is 9.92. The lowest BCUT2D eigenvalue weighted by molar-refractivity contribution is 0.143. The second-order valence-corrected chi connectivity index (χ2v) is 14.3. The van der Waals surface area contributed by atoms with Crippen molar-refractivity contribution in [3.63, 3.8) is 0 Å². The Morgan fingerprint density at radius 3 is 2.21 bits per heavy atom. The molecule has 0 aliphatic carbocycles. The zero-order chi connectivity index (χ0) is 10.8. The van der Waals surface area contributed by atoms with E-state index >= 15 is 0 Å². The van der Waals surface area contributed by atoms with Crippen LogP contribution in [0.2, 0.25) is 32.7 Å². The molecule has 0 amide bonds. The van der Waals surface area contributed by atoms with Gasteiger partial charge < -0.3 is 13.6 Å². The van der Waals surface area contributed by atoms with Crippen LogP contribution in [0.4, 0.5) is 0 Å². The fourth-order valence-electron chi connectivity index (χ4n) is 1.46. The highest BCUT2D eigenvalue weighted by Gasteiger charge is 2.31. The molecule has 1 heterocycles. The Balaban J connectivity index is 2.18. The van der Waals surface area contributed by atoms with Crippen LogP contribution in [0.1, 0.15) is 0 Å². The Kier molecular flexibility index (Phi) is 3.93. The first-order valence-electron chi connectivity index (χ1n) is 5.18. The maximum Gasteiger partial charge on any atom is 0.199 e. The molecule has 0 spiro atoms. The minimum absolute atomic E-state index is 0.367. The van der Waals surface area contributed by atoms with Gasteiger partial charge in [-0.15, -0.1) is 0 Å². The van der Waals surface area contributed by atoms with Gasteiger partial charge in [0.05, 0.1) is 19.4 Å². The van der Waals surface area contributed by atoms with E-state index in [1.54, 1.807) is 0 Å². The second kappa shape index (κ2) is 4.44. The first kappa shape index (κ1) is 12.4. The van der Waals surface area contributed by atoms with Crippen molar-refractivity contribution in [3.05, 3.63) is 0 Å².